The molecule has 0 atom stereocenters. The molecule has 6 nitrogen and oxygen atoms in total. The van der Waals surface area contributed by atoms with Gasteiger partial charge in [0.1, 0.15) is 12.3 Å². The predicted octanol–water partition coefficient (Wildman–Crippen LogP) is 0.629. The Morgan fingerprint density at radius 1 is 1.47 bits per heavy atom. The second kappa shape index (κ2) is 4.14. The highest BCUT2D eigenvalue weighted by atomic mass is 16.3. The quantitative estimate of drug-likeness (QED) is 0.820. The molecule has 17 heavy (non-hydrogen) atoms. The van der Waals surface area contributed by atoms with E-state index in [1.165, 1.54) is 6.07 Å². The summed E-state index contributed by atoms with van der Waals surface area (Å²) < 4.78 is 6.50. The Morgan fingerprint density at radius 2 is 2.24 bits per heavy atom. The van der Waals surface area contributed by atoms with Gasteiger partial charge in [0.25, 0.3) is 5.56 Å². The molecule has 1 N–H and O–H groups in total. The van der Waals surface area contributed by atoms with Gasteiger partial charge in [-0.3, -0.25) is 14.3 Å². The average molecular weight is 231 g/mol. The van der Waals surface area contributed by atoms with E-state index in [0.29, 0.717) is 17.2 Å². The van der Waals surface area contributed by atoms with Gasteiger partial charge in [0.2, 0.25) is 0 Å². The number of aromatic amines is 1. The van der Waals surface area contributed by atoms with E-state index in [9.17, 15) is 9.59 Å². The first kappa shape index (κ1) is 11.0. The Balaban J connectivity index is 2.72. The monoisotopic (exact) mass is 231 g/mol. The molecule has 0 bridgehead atoms. The highest BCUT2D eigenvalue weighted by Crippen LogP contribution is 2.19. The van der Waals surface area contributed by atoms with Crippen molar-refractivity contribution in [2.75, 3.05) is 0 Å². The van der Waals surface area contributed by atoms with Crippen LogP contribution in [-0.2, 0) is 6.54 Å². The van der Waals surface area contributed by atoms with Crippen LogP contribution in [0, 0.1) is 18.3 Å². The van der Waals surface area contributed by atoms with Gasteiger partial charge in [-0.1, -0.05) is 0 Å². The highest BCUT2D eigenvalue weighted by Gasteiger charge is 2.11. The van der Waals surface area contributed by atoms with Crippen LogP contribution in [0.5, 0.6) is 0 Å². The first-order valence-electron chi connectivity index (χ1n) is 4.90. The maximum absolute atomic E-state index is 11.5. The van der Waals surface area contributed by atoms with E-state index in [-0.39, 0.29) is 6.54 Å². The van der Waals surface area contributed by atoms with Gasteiger partial charge in [0, 0.05) is 6.07 Å². The lowest BCUT2D eigenvalue weighted by Gasteiger charge is -2.05. The fourth-order valence-electron chi connectivity index (χ4n) is 1.52. The molecule has 0 aromatic carbocycles. The van der Waals surface area contributed by atoms with Crippen LogP contribution in [0.15, 0.2) is 32.2 Å². The molecule has 2 aromatic heterocycles. The van der Waals surface area contributed by atoms with Crippen LogP contribution in [0.25, 0.3) is 11.5 Å². The zero-order chi connectivity index (χ0) is 12.4. The number of nitrogens with one attached hydrogen (secondary N) is 1. The number of furan rings is 1. The van der Waals surface area contributed by atoms with E-state index in [4.69, 9.17) is 9.68 Å². The van der Waals surface area contributed by atoms with E-state index >= 15 is 0 Å². The Morgan fingerprint density at radius 3 is 2.82 bits per heavy atom. The van der Waals surface area contributed by atoms with Crippen LogP contribution in [0.4, 0.5) is 0 Å². The summed E-state index contributed by atoms with van der Waals surface area (Å²) in [6.07, 6.45) is 0. The highest BCUT2D eigenvalue weighted by molar-refractivity contribution is 5.52. The maximum Gasteiger partial charge on any atom is 0.329 e. The van der Waals surface area contributed by atoms with Crippen molar-refractivity contribution in [2.45, 2.75) is 13.5 Å². The van der Waals surface area contributed by atoms with Crippen LogP contribution in [0.3, 0.4) is 0 Å². The zero-order valence-corrected chi connectivity index (χ0v) is 9.06. The number of nitrogens with zero attached hydrogens (tertiary/aromatic N) is 2. The molecule has 0 radical (unpaired) electrons. The molecule has 6 heteroatoms. The summed E-state index contributed by atoms with van der Waals surface area (Å²) in [5.41, 5.74) is -0.843. The molecule has 0 aliphatic heterocycles. The fraction of sp³-hybridized carbons (Fsp3) is 0.182. The summed E-state index contributed by atoms with van der Waals surface area (Å²) in [6, 6.07) is 6.46. The number of hydrogen-bond donors (Lipinski definition) is 1. The van der Waals surface area contributed by atoms with Crippen molar-refractivity contribution in [3.63, 3.8) is 0 Å². The van der Waals surface area contributed by atoms with Gasteiger partial charge in [-0.25, -0.2) is 4.79 Å². The lowest BCUT2D eigenvalue weighted by Crippen LogP contribution is -2.30. The van der Waals surface area contributed by atoms with Crippen molar-refractivity contribution in [3.8, 4) is 17.5 Å². The molecule has 2 rings (SSSR count). The van der Waals surface area contributed by atoms with Crippen molar-refractivity contribution < 1.29 is 4.42 Å². The van der Waals surface area contributed by atoms with E-state index < -0.39 is 11.2 Å². The smallest absolute Gasteiger partial charge is 0.329 e. The molecule has 2 heterocycles. The molecule has 0 aliphatic carbocycles. The minimum Gasteiger partial charge on any atom is -0.460 e. The van der Waals surface area contributed by atoms with E-state index in [1.54, 1.807) is 19.1 Å². The number of aromatic nitrogens is 2. The summed E-state index contributed by atoms with van der Waals surface area (Å²) in [5.74, 6) is 1.05. The minimum absolute atomic E-state index is 0.148. The number of hydrogen-bond acceptors (Lipinski definition) is 4. The molecular weight excluding hydrogens is 222 g/mol. The Labute approximate surface area is 95.7 Å². The Hall–Kier alpha value is -2.55. The van der Waals surface area contributed by atoms with Crippen molar-refractivity contribution in [2.24, 2.45) is 0 Å². The molecular formula is C11H9N3O3. The zero-order valence-electron chi connectivity index (χ0n) is 9.06. The van der Waals surface area contributed by atoms with E-state index in [0.717, 1.165) is 4.57 Å². The Kier molecular flexibility index (Phi) is 2.66. The first-order chi connectivity index (χ1) is 8.11. The average Bonchev–Trinajstić information content (AvgIpc) is 2.68. The second-order valence-electron chi connectivity index (χ2n) is 3.48. The van der Waals surface area contributed by atoms with Gasteiger partial charge in [0.15, 0.2) is 5.76 Å². The van der Waals surface area contributed by atoms with Gasteiger partial charge >= 0.3 is 5.69 Å². The van der Waals surface area contributed by atoms with Crippen molar-refractivity contribution in [3.05, 3.63) is 44.8 Å². The third kappa shape index (κ3) is 2.03. The topological polar surface area (TPSA) is 91.8 Å². The third-order valence-electron chi connectivity index (χ3n) is 2.26. The molecule has 0 aliphatic rings. The second-order valence-corrected chi connectivity index (χ2v) is 3.48. The number of rotatable bonds is 2. The summed E-state index contributed by atoms with van der Waals surface area (Å²) >= 11 is 0. The van der Waals surface area contributed by atoms with E-state index in [1.807, 2.05) is 6.07 Å². The molecule has 86 valence electrons. The summed E-state index contributed by atoms with van der Waals surface area (Å²) in [4.78, 5) is 24.9. The molecule has 0 saturated heterocycles. The lowest BCUT2D eigenvalue weighted by molar-refractivity contribution is 0.540. The summed E-state index contributed by atoms with van der Waals surface area (Å²) in [7, 11) is 0. The first-order valence-corrected chi connectivity index (χ1v) is 4.90. The molecule has 0 fully saturated rings. The maximum atomic E-state index is 11.5. The molecule has 0 unspecified atom stereocenters. The van der Waals surface area contributed by atoms with Gasteiger partial charge in [-0.2, -0.15) is 5.26 Å². The van der Waals surface area contributed by atoms with Crippen LogP contribution < -0.4 is 11.2 Å². The van der Waals surface area contributed by atoms with E-state index in [2.05, 4.69) is 4.98 Å². The summed E-state index contributed by atoms with van der Waals surface area (Å²) in [6.45, 7) is 1.61. The SMILES string of the molecule is Cc1ccc(-c2cc(=O)[nH]c(=O)n2CC#N)o1. The van der Waals surface area contributed by atoms with Gasteiger partial charge < -0.3 is 4.42 Å². The van der Waals surface area contributed by atoms with Crippen LogP contribution in [0.1, 0.15) is 5.76 Å². The van der Waals surface area contributed by atoms with Crippen LogP contribution in [0.2, 0.25) is 0 Å². The Bertz CT molecular complexity index is 700. The van der Waals surface area contributed by atoms with Gasteiger partial charge in [-0.15, -0.1) is 0 Å². The summed E-state index contributed by atoms with van der Waals surface area (Å²) in [5, 5.41) is 8.66. The number of H-pyrrole nitrogens is 1. The molecule has 0 spiro atoms. The third-order valence-corrected chi connectivity index (χ3v) is 2.26. The lowest BCUT2D eigenvalue weighted by atomic mass is 10.3. The molecule has 0 amide bonds. The van der Waals surface area contributed by atoms with Crippen LogP contribution >= 0.6 is 0 Å². The van der Waals surface area contributed by atoms with Gasteiger partial charge in [-0.05, 0) is 19.1 Å². The van der Waals surface area contributed by atoms with Crippen molar-refractivity contribution in [1.29, 1.82) is 5.26 Å². The predicted molar refractivity (Wildman–Crippen MR) is 59.4 cm³/mol. The number of aryl methyl sites for hydroxylation is 1. The molecule has 0 saturated carbocycles. The standard InChI is InChI=1S/C11H9N3O3/c1-7-2-3-9(17-7)8-6-10(15)13-11(16)14(8)5-4-12/h2-3,6H,5H2,1H3,(H,13,15,16). The minimum atomic E-state index is -0.622. The normalized spacial score (nSPS) is 10.1. The van der Waals surface area contributed by atoms with Crippen LogP contribution in [-0.4, -0.2) is 9.55 Å². The largest absolute Gasteiger partial charge is 0.460 e. The molecule has 2 aromatic rings. The van der Waals surface area contributed by atoms with Gasteiger partial charge in [0.05, 0.1) is 11.8 Å². The number of nitriles is 1. The van der Waals surface area contributed by atoms with Crippen molar-refractivity contribution >= 4 is 0 Å². The van der Waals surface area contributed by atoms with Crippen molar-refractivity contribution in [1.82, 2.24) is 9.55 Å². The fourth-order valence-corrected chi connectivity index (χ4v) is 1.52.